The first kappa shape index (κ1) is 20.8. The number of rotatable bonds is 4. The molecule has 3 rings (SSSR count). The Morgan fingerprint density at radius 2 is 1.86 bits per heavy atom. The molecule has 1 aromatic carbocycles. The van der Waals surface area contributed by atoms with Crippen molar-refractivity contribution in [1.82, 2.24) is 10.6 Å². The molecule has 2 aromatic rings. The van der Waals surface area contributed by atoms with Gasteiger partial charge in [-0.2, -0.15) is 13.2 Å². The summed E-state index contributed by atoms with van der Waals surface area (Å²) in [5, 5.41) is 15.7. The van der Waals surface area contributed by atoms with Crippen molar-refractivity contribution in [3.05, 3.63) is 57.8 Å². The zero-order valence-corrected chi connectivity index (χ0v) is 15.6. The molecule has 0 radical (unpaired) electrons. The molecule has 154 valence electrons. The van der Waals surface area contributed by atoms with Crippen LogP contribution >= 0.6 is 11.3 Å². The summed E-state index contributed by atoms with van der Waals surface area (Å²) in [5.74, 6) is -3.76. The summed E-state index contributed by atoms with van der Waals surface area (Å²) in [6, 6.07) is 5.17. The average Bonchev–Trinajstić information content (AvgIpc) is 3.20. The van der Waals surface area contributed by atoms with Crippen molar-refractivity contribution in [1.29, 1.82) is 0 Å². The molecule has 1 aliphatic heterocycles. The number of Topliss-reactive ketones (excluding diaryl/α,β-unsaturated/α-hetero) is 1. The Morgan fingerprint density at radius 1 is 1.21 bits per heavy atom. The average molecular weight is 428 g/mol. The van der Waals surface area contributed by atoms with Crippen LogP contribution in [0.15, 0.2) is 41.8 Å². The normalized spacial score (nSPS) is 24.4. The number of ketones is 1. The van der Waals surface area contributed by atoms with E-state index in [1.807, 2.05) is 0 Å². The SMILES string of the molecule is COC(=O)c1ccc(C2NC(=O)NC(O)(C(F)(F)F)C2C(=O)c2cccs2)cc1. The molecule has 1 fully saturated rings. The third kappa shape index (κ3) is 3.70. The number of carbonyl (C=O) groups is 3. The summed E-state index contributed by atoms with van der Waals surface area (Å²) in [6.45, 7) is 0. The maximum Gasteiger partial charge on any atom is 0.437 e. The predicted molar refractivity (Wildman–Crippen MR) is 95.3 cm³/mol. The first-order valence-corrected chi connectivity index (χ1v) is 9.10. The van der Waals surface area contributed by atoms with Gasteiger partial charge in [0.1, 0.15) is 5.92 Å². The van der Waals surface area contributed by atoms with E-state index in [4.69, 9.17) is 0 Å². The van der Waals surface area contributed by atoms with Gasteiger partial charge in [-0.25, -0.2) is 9.59 Å². The molecule has 3 N–H and O–H groups in total. The van der Waals surface area contributed by atoms with Crippen LogP contribution in [0.4, 0.5) is 18.0 Å². The molecule has 0 saturated carbocycles. The topological polar surface area (TPSA) is 105 Å². The minimum absolute atomic E-state index is 0.00759. The summed E-state index contributed by atoms with van der Waals surface area (Å²) < 4.78 is 45.8. The van der Waals surface area contributed by atoms with Crippen LogP contribution in [0.25, 0.3) is 0 Å². The number of alkyl halides is 3. The van der Waals surface area contributed by atoms with Crippen LogP contribution in [0.3, 0.4) is 0 Å². The number of thiophene rings is 1. The van der Waals surface area contributed by atoms with Gasteiger partial charge in [0.25, 0.3) is 0 Å². The number of nitrogens with one attached hydrogen (secondary N) is 2. The monoisotopic (exact) mass is 428 g/mol. The van der Waals surface area contributed by atoms with Crippen LogP contribution in [0.2, 0.25) is 0 Å². The van der Waals surface area contributed by atoms with Gasteiger partial charge in [-0.1, -0.05) is 18.2 Å². The van der Waals surface area contributed by atoms with Crippen molar-refractivity contribution in [3.63, 3.8) is 0 Å². The molecular formula is C18H15F3N2O5S. The second-order valence-electron chi connectivity index (χ2n) is 6.27. The summed E-state index contributed by atoms with van der Waals surface area (Å²) in [7, 11) is 1.17. The fourth-order valence-corrected chi connectivity index (χ4v) is 3.84. The lowest BCUT2D eigenvalue weighted by atomic mass is 9.78. The summed E-state index contributed by atoms with van der Waals surface area (Å²) in [6.07, 6.45) is -5.33. The van der Waals surface area contributed by atoms with E-state index in [2.05, 4.69) is 10.1 Å². The van der Waals surface area contributed by atoms with Crippen molar-refractivity contribution in [2.24, 2.45) is 5.92 Å². The fraction of sp³-hybridized carbons (Fsp3) is 0.278. The number of halogens is 3. The molecule has 7 nitrogen and oxygen atoms in total. The lowest BCUT2D eigenvalue weighted by molar-refractivity contribution is -0.287. The van der Waals surface area contributed by atoms with Crippen molar-refractivity contribution in [2.45, 2.75) is 17.9 Å². The molecule has 0 aliphatic carbocycles. The molecule has 1 saturated heterocycles. The van der Waals surface area contributed by atoms with E-state index in [0.29, 0.717) is 0 Å². The summed E-state index contributed by atoms with van der Waals surface area (Å²) in [5.41, 5.74) is -3.56. The second-order valence-corrected chi connectivity index (χ2v) is 7.22. The van der Waals surface area contributed by atoms with Crippen LogP contribution in [0, 0.1) is 5.92 Å². The van der Waals surface area contributed by atoms with Crippen molar-refractivity contribution in [3.8, 4) is 0 Å². The van der Waals surface area contributed by atoms with Gasteiger partial charge in [-0.05, 0) is 29.1 Å². The molecule has 2 amide bonds. The van der Waals surface area contributed by atoms with Gasteiger partial charge in [0.2, 0.25) is 5.72 Å². The largest absolute Gasteiger partial charge is 0.465 e. The molecule has 0 spiro atoms. The minimum Gasteiger partial charge on any atom is -0.465 e. The van der Waals surface area contributed by atoms with Gasteiger partial charge in [0.15, 0.2) is 5.78 Å². The zero-order chi connectivity index (χ0) is 21.4. The number of carbonyl (C=O) groups excluding carboxylic acids is 3. The van der Waals surface area contributed by atoms with Crippen LogP contribution in [0.1, 0.15) is 31.6 Å². The molecule has 11 heteroatoms. The predicted octanol–water partition coefficient (Wildman–Crippen LogP) is 2.64. The Kier molecular flexibility index (Phi) is 5.37. The Hall–Kier alpha value is -2.92. The fourth-order valence-electron chi connectivity index (χ4n) is 3.13. The second kappa shape index (κ2) is 7.48. The van der Waals surface area contributed by atoms with E-state index in [1.165, 1.54) is 54.2 Å². The Labute approximate surface area is 166 Å². The number of hydrogen-bond acceptors (Lipinski definition) is 6. The first-order chi connectivity index (χ1) is 13.6. The number of ether oxygens (including phenoxy) is 1. The van der Waals surface area contributed by atoms with E-state index in [-0.39, 0.29) is 16.0 Å². The molecule has 0 bridgehead atoms. The number of aliphatic hydroxyl groups is 1. The molecule has 3 atom stereocenters. The van der Waals surface area contributed by atoms with E-state index in [9.17, 15) is 32.7 Å². The van der Waals surface area contributed by atoms with Gasteiger partial charge >= 0.3 is 18.2 Å². The van der Waals surface area contributed by atoms with Gasteiger partial charge < -0.3 is 20.5 Å². The van der Waals surface area contributed by atoms with E-state index < -0.39 is 41.6 Å². The Morgan fingerprint density at radius 3 is 2.38 bits per heavy atom. The lowest BCUT2D eigenvalue weighted by Crippen LogP contribution is -2.72. The third-order valence-electron chi connectivity index (χ3n) is 4.54. The molecule has 1 aromatic heterocycles. The molecular weight excluding hydrogens is 413 g/mol. The van der Waals surface area contributed by atoms with Crippen LogP contribution < -0.4 is 10.6 Å². The quantitative estimate of drug-likeness (QED) is 0.513. The Bertz CT molecular complexity index is 930. The lowest BCUT2D eigenvalue weighted by Gasteiger charge is -2.44. The number of urea groups is 1. The number of esters is 1. The van der Waals surface area contributed by atoms with E-state index >= 15 is 0 Å². The number of methoxy groups -OCH3 is 1. The molecule has 3 unspecified atom stereocenters. The highest BCUT2D eigenvalue weighted by atomic mass is 32.1. The van der Waals surface area contributed by atoms with Gasteiger partial charge in [-0.3, -0.25) is 4.79 Å². The van der Waals surface area contributed by atoms with Crippen LogP contribution in [-0.2, 0) is 4.74 Å². The molecule has 29 heavy (non-hydrogen) atoms. The molecule has 2 heterocycles. The Balaban J connectivity index is 2.10. The van der Waals surface area contributed by atoms with E-state index in [1.54, 1.807) is 0 Å². The highest BCUT2D eigenvalue weighted by Gasteiger charge is 2.66. The van der Waals surface area contributed by atoms with E-state index in [0.717, 1.165) is 11.3 Å². The number of amides is 2. The highest BCUT2D eigenvalue weighted by Crippen LogP contribution is 2.44. The van der Waals surface area contributed by atoms with Crippen molar-refractivity contribution in [2.75, 3.05) is 7.11 Å². The number of benzene rings is 1. The summed E-state index contributed by atoms with van der Waals surface area (Å²) >= 11 is 0.914. The minimum atomic E-state index is -5.33. The first-order valence-electron chi connectivity index (χ1n) is 8.22. The van der Waals surface area contributed by atoms with Gasteiger partial charge in [0.05, 0.1) is 23.6 Å². The highest BCUT2D eigenvalue weighted by molar-refractivity contribution is 7.12. The van der Waals surface area contributed by atoms with Crippen LogP contribution in [0.5, 0.6) is 0 Å². The standard InChI is InChI=1S/C18H15F3N2O5S/c1-28-15(25)10-6-4-9(5-7-10)13-12(14(24)11-3-2-8-29-11)17(27,18(19,20)21)23-16(26)22-13/h2-8,12-13,27H,1H3,(H2,22,23,26). The zero-order valence-electron chi connectivity index (χ0n) is 14.8. The van der Waals surface area contributed by atoms with Crippen molar-refractivity contribution >= 4 is 29.1 Å². The van der Waals surface area contributed by atoms with Crippen molar-refractivity contribution < 1.29 is 37.4 Å². The maximum atomic E-state index is 13.8. The molecule has 1 aliphatic rings. The summed E-state index contributed by atoms with van der Waals surface area (Å²) in [4.78, 5) is 36.4. The maximum absolute atomic E-state index is 13.8. The smallest absolute Gasteiger partial charge is 0.437 e. The number of hydrogen-bond donors (Lipinski definition) is 3. The third-order valence-corrected chi connectivity index (χ3v) is 5.43. The van der Waals surface area contributed by atoms with Gasteiger partial charge in [-0.15, -0.1) is 11.3 Å². The van der Waals surface area contributed by atoms with Crippen LogP contribution in [-0.4, -0.2) is 41.9 Å². The van der Waals surface area contributed by atoms with Gasteiger partial charge in [0, 0.05) is 0 Å².